The van der Waals surface area contributed by atoms with E-state index in [0.29, 0.717) is 13.0 Å². The highest BCUT2D eigenvalue weighted by Crippen LogP contribution is 1.98. The van der Waals surface area contributed by atoms with Gasteiger partial charge >= 0.3 is 0 Å². The summed E-state index contributed by atoms with van der Waals surface area (Å²) < 4.78 is 0. The van der Waals surface area contributed by atoms with E-state index >= 15 is 0 Å². The SMILES string of the molecule is CC(O)CC(C)NCC(C)C(N)=O. The lowest BCUT2D eigenvalue weighted by molar-refractivity contribution is -0.121. The van der Waals surface area contributed by atoms with Gasteiger partial charge in [0.2, 0.25) is 5.91 Å². The van der Waals surface area contributed by atoms with Gasteiger partial charge in [0.1, 0.15) is 0 Å². The zero-order valence-corrected chi connectivity index (χ0v) is 8.58. The molecule has 13 heavy (non-hydrogen) atoms. The minimum Gasteiger partial charge on any atom is -0.393 e. The number of hydrogen-bond donors (Lipinski definition) is 3. The van der Waals surface area contributed by atoms with Crippen molar-refractivity contribution in [3.05, 3.63) is 0 Å². The maximum absolute atomic E-state index is 10.7. The minimum absolute atomic E-state index is 0.156. The molecule has 0 fully saturated rings. The molecule has 3 unspecified atom stereocenters. The minimum atomic E-state index is -0.314. The van der Waals surface area contributed by atoms with Gasteiger partial charge in [0, 0.05) is 18.5 Å². The number of nitrogens with one attached hydrogen (secondary N) is 1. The predicted molar refractivity (Wildman–Crippen MR) is 52.1 cm³/mol. The van der Waals surface area contributed by atoms with E-state index in [9.17, 15) is 4.79 Å². The summed E-state index contributed by atoms with van der Waals surface area (Å²) in [4.78, 5) is 10.7. The molecular weight excluding hydrogens is 168 g/mol. The Bertz CT molecular complexity index is 160. The molecule has 0 radical (unpaired) electrons. The molecule has 4 nitrogen and oxygen atoms in total. The van der Waals surface area contributed by atoms with Crippen LogP contribution < -0.4 is 11.1 Å². The molecule has 0 saturated carbocycles. The highest BCUT2D eigenvalue weighted by molar-refractivity contribution is 5.76. The van der Waals surface area contributed by atoms with Gasteiger partial charge in [-0.25, -0.2) is 0 Å². The molecule has 4 heteroatoms. The third-order valence-corrected chi connectivity index (χ3v) is 1.95. The highest BCUT2D eigenvalue weighted by atomic mass is 16.3. The molecule has 0 rings (SSSR count). The fourth-order valence-corrected chi connectivity index (χ4v) is 1.07. The Morgan fingerprint density at radius 3 is 2.38 bits per heavy atom. The van der Waals surface area contributed by atoms with Crippen molar-refractivity contribution in [1.82, 2.24) is 5.32 Å². The molecular formula is C9H20N2O2. The molecule has 3 atom stereocenters. The van der Waals surface area contributed by atoms with Crippen molar-refractivity contribution in [3.8, 4) is 0 Å². The fourth-order valence-electron chi connectivity index (χ4n) is 1.07. The third kappa shape index (κ3) is 6.54. The molecule has 0 bridgehead atoms. The lowest BCUT2D eigenvalue weighted by Crippen LogP contribution is -2.36. The first-order chi connectivity index (χ1) is 5.93. The largest absolute Gasteiger partial charge is 0.393 e. The summed E-state index contributed by atoms with van der Waals surface area (Å²) >= 11 is 0. The number of carbonyl (C=O) groups is 1. The van der Waals surface area contributed by atoms with Gasteiger partial charge in [0.25, 0.3) is 0 Å². The first-order valence-electron chi connectivity index (χ1n) is 4.64. The summed E-state index contributed by atoms with van der Waals surface area (Å²) in [7, 11) is 0. The maximum atomic E-state index is 10.7. The van der Waals surface area contributed by atoms with Crippen molar-refractivity contribution in [2.45, 2.75) is 39.3 Å². The lowest BCUT2D eigenvalue weighted by atomic mass is 10.1. The number of aliphatic hydroxyl groups is 1. The molecule has 0 aliphatic heterocycles. The van der Waals surface area contributed by atoms with Gasteiger partial charge in [-0.2, -0.15) is 0 Å². The Kier molecular flexibility index (Phi) is 5.66. The second-order valence-electron chi connectivity index (χ2n) is 3.70. The first kappa shape index (κ1) is 12.4. The lowest BCUT2D eigenvalue weighted by Gasteiger charge is -2.17. The molecule has 0 saturated heterocycles. The van der Waals surface area contributed by atoms with Gasteiger partial charge in [0.05, 0.1) is 6.10 Å². The number of rotatable bonds is 6. The standard InChI is InChI=1S/C9H20N2O2/c1-6(9(10)13)5-11-7(2)4-8(3)12/h6-8,11-12H,4-5H2,1-3H3,(H2,10,13). The smallest absolute Gasteiger partial charge is 0.221 e. The topological polar surface area (TPSA) is 75.3 Å². The van der Waals surface area contributed by atoms with Crippen LogP contribution in [0.2, 0.25) is 0 Å². The van der Waals surface area contributed by atoms with Gasteiger partial charge in [-0.15, -0.1) is 0 Å². The highest BCUT2D eigenvalue weighted by Gasteiger charge is 2.11. The van der Waals surface area contributed by atoms with Crippen LogP contribution in [-0.4, -0.2) is 29.7 Å². The van der Waals surface area contributed by atoms with E-state index in [1.54, 1.807) is 13.8 Å². The van der Waals surface area contributed by atoms with Crippen molar-refractivity contribution in [1.29, 1.82) is 0 Å². The molecule has 0 heterocycles. The first-order valence-corrected chi connectivity index (χ1v) is 4.64. The Morgan fingerprint density at radius 2 is 2.00 bits per heavy atom. The van der Waals surface area contributed by atoms with Crippen molar-refractivity contribution < 1.29 is 9.90 Å². The van der Waals surface area contributed by atoms with E-state index in [1.165, 1.54) is 0 Å². The van der Waals surface area contributed by atoms with E-state index in [-0.39, 0.29) is 24.0 Å². The van der Waals surface area contributed by atoms with Crippen LogP contribution >= 0.6 is 0 Å². The maximum Gasteiger partial charge on any atom is 0.221 e. The van der Waals surface area contributed by atoms with Gasteiger partial charge in [0.15, 0.2) is 0 Å². The number of amides is 1. The summed E-state index contributed by atoms with van der Waals surface area (Å²) in [6, 6.07) is 0.210. The van der Waals surface area contributed by atoms with Crippen LogP contribution in [0.25, 0.3) is 0 Å². The second-order valence-corrected chi connectivity index (χ2v) is 3.70. The van der Waals surface area contributed by atoms with Crippen molar-refractivity contribution in [2.75, 3.05) is 6.54 Å². The van der Waals surface area contributed by atoms with Crippen molar-refractivity contribution >= 4 is 5.91 Å². The summed E-state index contributed by atoms with van der Waals surface area (Å²) in [5.74, 6) is -0.451. The Morgan fingerprint density at radius 1 is 1.46 bits per heavy atom. The van der Waals surface area contributed by atoms with Crippen LogP contribution in [0.3, 0.4) is 0 Å². The molecule has 0 spiro atoms. The number of nitrogens with two attached hydrogens (primary N) is 1. The van der Waals surface area contributed by atoms with Gasteiger partial charge in [-0.1, -0.05) is 6.92 Å². The van der Waals surface area contributed by atoms with E-state index in [2.05, 4.69) is 5.32 Å². The summed E-state index contributed by atoms with van der Waals surface area (Å²) in [5.41, 5.74) is 5.10. The van der Waals surface area contributed by atoms with Crippen LogP contribution in [0.4, 0.5) is 0 Å². The van der Waals surface area contributed by atoms with Crippen molar-refractivity contribution in [3.63, 3.8) is 0 Å². The molecule has 0 aromatic carbocycles. The van der Waals surface area contributed by atoms with Crippen LogP contribution in [0, 0.1) is 5.92 Å². The van der Waals surface area contributed by atoms with Crippen LogP contribution in [-0.2, 0) is 4.79 Å². The van der Waals surface area contributed by atoms with E-state index in [1.807, 2.05) is 6.92 Å². The molecule has 4 N–H and O–H groups in total. The summed E-state index contributed by atoms with van der Waals surface area (Å²) in [6.07, 6.45) is 0.372. The summed E-state index contributed by atoms with van der Waals surface area (Å²) in [5, 5.41) is 12.2. The summed E-state index contributed by atoms with van der Waals surface area (Å²) in [6.45, 7) is 6.07. The third-order valence-electron chi connectivity index (χ3n) is 1.95. The Labute approximate surface area is 79.5 Å². The van der Waals surface area contributed by atoms with E-state index < -0.39 is 0 Å². The molecule has 1 amide bonds. The Balaban J connectivity index is 3.57. The van der Waals surface area contributed by atoms with Crippen LogP contribution in [0.1, 0.15) is 27.2 Å². The number of hydrogen-bond acceptors (Lipinski definition) is 3. The molecule has 0 aliphatic rings. The zero-order valence-electron chi connectivity index (χ0n) is 8.58. The van der Waals surface area contributed by atoms with E-state index in [4.69, 9.17) is 10.8 Å². The number of aliphatic hydroxyl groups excluding tert-OH is 1. The average Bonchev–Trinajstić information content (AvgIpc) is 1.98. The van der Waals surface area contributed by atoms with Gasteiger partial charge in [-0.05, 0) is 20.3 Å². The van der Waals surface area contributed by atoms with Crippen molar-refractivity contribution in [2.24, 2.45) is 11.7 Å². The van der Waals surface area contributed by atoms with E-state index in [0.717, 1.165) is 0 Å². The van der Waals surface area contributed by atoms with Gasteiger partial charge in [-0.3, -0.25) is 4.79 Å². The van der Waals surface area contributed by atoms with Crippen LogP contribution in [0.5, 0.6) is 0 Å². The monoisotopic (exact) mass is 188 g/mol. The second kappa shape index (κ2) is 5.94. The molecule has 0 aromatic heterocycles. The number of primary amides is 1. The average molecular weight is 188 g/mol. The molecule has 0 aromatic rings. The predicted octanol–water partition coefficient (Wildman–Crippen LogP) is -0.143. The fraction of sp³-hybridized carbons (Fsp3) is 0.889. The molecule has 0 aliphatic carbocycles. The zero-order chi connectivity index (χ0) is 10.4. The molecule has 78 valence electrons. The normalized spacial score (nSPS) is 17.8. The number of carbonyl (C=O) groups excluding carboxylic acids is 1. The van der Waals surface area contributed by atoms with Crippen LogP contribution in [0.15, 0.2) is 0 Å². The Hall–Kier alpha value is -0.610. The quantitative estimate of drug-likeness (QED) is 0.543. The van der Waals surface area contributed by atoms with Gasteiger partial charge < -0.3 is 16.2 Å².